The van der Waals surface area contributed by atoms with Gasteiger partial charge in [-0.15, -0.1) is 6.42 Å². The molecule has 0 aliphatic carbocycles. The second-order valence-electron chi connectivity index (χ2n) is 7.60. The summed E-state index contributed by atoms with van der Waals surface area (Å²) >= 11 is 0. The van der Waals surface area contributed by atoms with Crippen LogP contribution in [0.2, 0.25) is 0 Å². The second-order valence-corrected chi connectivity index (χ2v) is 7.60. The number of fused-ring (bicyclic) bond motifs is 3. The fourth-order valence-electron chi connectivity index (χ4n) is 4.30. The molecule has 150 valence electrons. The van der Waals surface area contributed by atoms with E-state index < -0.39 is 0 Å². The van der Waals surface area contributed by atoms with Crippen LogP contribution in [0.5, 0.6) is 0 Å². The van der Waals surface area contributed by atoms with Gasteiger partial charge in [-0.1, -0.05) is 31.6 Å². The van der Waals surface area contributed by atoms with Crippen LogP contribution in [0.4, 0.5) is 5.82 Å². The molecule has 2 aliphatic heterocycles. The van der Waals surface area contributed by atoms with Crippen LogP contribution in [0.1, 0.15) is 48.3 Å². The van der Waals surface area contributed by atoms with Gasteiger partial charge >= 0.3 is 0 Å². The lowest BCUT2D eigenvalue weighted by Crippen LogP contribution is -2.54. The van der Waals surface area contributed by atoms with E-state index in [1.54, 1.807) is 11.1 Å². The molecule has 0 fully saturated rings. The predicted octanol–water partition coefficient (Wildman–Crippen LogP) is 2.70. The summed E-state index contributed by atoms with van der Waals surface area (Å²) in [5.74, 6) is 3.10. The molecule has 0 unspecified atom stereocenters. The van der Waals surface area contributed by atoms with Gasteiger partial charge in [0.2, 0.25) is 0 Å². The van der Waals surface area contributed by atoms with Gasteiger partial charge in [0.1, 0.15) is 11.9 Å². The molecule has 2 atom stereocenters. The van der Waals surface area contributed by atoms with E-state index >= 15 is 0 Å². The van der Waals surface area contributed by atoms with Crippen molar-refractivity contribution in [1.29, 1.82) is 0 Å². The van der Waals surface area contributed by atoms with E-state index in [0.29, 0.717) is 6.42 Å². The molecule has 6 nitrogen and oxygen atoms in total. The largest absolute Gasteiger partial charge is 0.357 e. The summed E-state index contributed by atoms with van der Waals surface area (Å²) in [4.78, 5) is 25.0. The molecule has 1 amide bonds. The number of nitrogens with zero attached hydrogens (tertiary/aromatic N) is 3. The van der Waals surface area contributed by atoms with E-state index in [0.717, 1.165) is 43.1 Å². The Morgan fingerprint density at radius 2 is 2.31 bits per heavy atom. The first-order valence-electron chi connectivity index (χ1n) is 10.2. The normalized spacial score (nSPS) is 20.2. The van der Waals surface area contributed by atoms with Crippen LogP contribution in [0.3, 0.4) is 0 Å². The number of anilines is 1. The molecule has 0 bridgehead atoms. The van der Waals surface area contributed by atoms with Gasteiger partial charge in [0.05, 0.1) is 11.9 Å². The molecule has 6 heteroatoms. The molecule has 4 rings (SSSR count). The van der Waals surface area contributed by atoms with Crippen LogP contribution < -0.4 is 10.2 Å². The van der Waals surface area contributed by atoms with Crippen molar-refractivity contribution in [3.05, 3.63) is 53.0 Å². The Hall–Kier alpha value is -3.04. The summed E-state index contributed by atoms with van der Waals surface area (Å²) in [6, 6.07) is 5.44. The number of carbonyl (C=O) groups is 1. The van der Waals surface area contributed by atoms with E-state index in [4.69, 9.17) is 6.42 Å². The van der Waals surface area contributed by atoms with Gasteiger partial charge in [0, 0.05) is 37.5 Å². The smallest absolute Gasteiger partial charge is 0.300 e. The average molecular weight is 390 g/mol. The summed E-state index contributed by atoms with van der Waals surface area (Å²) < 4.78 is 0. The van der Waals surface area contributed by atoms with Crippen LogP contribution in [0, 0.1) is 12.3 Å². The number of unbranched alkanes of at least 4 members (excludes halogenated alkanes) is 1. The lowest BCUT2D eigenvalue weighted by molar-refractivity contribution is -0.130. The number of aromatic nitrogens is 2. The van der Waals surface area contributed by atoms with Gasteiger partial charge in [0.25, 0.3) is 5.91 Å². The van der Waals surface area contributed by atoms with Crippen molar-refractivity contribution in [2.45, 2.75) is 38.4 Å². The standard InChI is InChI=1S/C23H27N5O/c1-4-6-12-25-19-15-17-16-10-9-14-27(3)23(16)26-21(17)22(28(19)20(29)5-2)18-11-7-8-13-24-18/h2,7-11,13,19,22,25-26H,4,6,12,14-15H2,1,3H3/t19-,22+/m1/s1. The van der Waals surface area contributed by atoms with Gasteiger partial charge in [-0.05, 0) is 36.6 Å². The van der Waals surface area contributed by atoms with Crippen molar-refractivity contribution in [3.63, 3.8) is 0 Å². The number of aromatic amines is 1. The third-order valence-electron chi connectivity index (χ3n) is 5.73. The highest BCUT2D eigenvalue weighted by Gasteiger charge is 2.41. The van der Waals surface area contributed by atoms with Crippen molar-refractivity contribution >= 4 is 17.8 Å². The molecular weight excluding hydrogens is 362 g/mol. The molecule has 2 aliphatic rings. The van der Waals surface area contributed by atoms with Crippen molar-refractivity contribution < 1.29 is 4.79 Å². The monoisotopic (exact) mass is 389 g/mol. The maximum atomic E-state index is 12.9. The Balaban J connectivity index is 1.86. The second kappa shape index (κ2) is 8.14. The SMILES string of the molecule is C#CC(=O)N1[C@@H](c2ccccn2)c2[nH]c3c(c2C[C@@H]1NCCCC)C=CCN3C. The number of hydrogen-bond donors (Lipinski definition) is 2. The molecule has 0 aromatic carbocycles. The van der Waals surface area contributed by atoms with Crippen molar-refractivity contribution in [2.75, 3.05) is 25.0 Å². The third kappa shape index (κ3) is 3.43. The van der Waals surface area contributed by atoms with Crippen molar-refractivity contribution in [2.24, 2.45) is 0 Å². The summed E-state index contributed by atoms with van der Waals surface area (Å²) in [7, 11) is 2.07. The molecule has 0 radical (unpaired) electrons. The summed E-state index contributed by atoms with van der Waals surface area (Å²) in [6.07, 6.45) is 14.4. The molecule has 0 spiro atoms. The summed E-state index contributed by atoms with van der Waals surface area (Å²) in [6.45, 7) is 3.85. The Kier molecular flexibility index (Phi) is 5.41. The van der Waals surface area contributed by atoms with Crippen molar-refractivity contribution in [3.8, 4) is 12.3 Å². The minimum atomic E-state index is -0.352. The maximum absolute atomic E-state index is 12.9. The van der Waals surface area contributed by atoms with E-state index in [-0.39, 0.29) is 18.1 Å². The molecule has 0 saturated carbocycles. The lowest BCUT2D eigenvalue weighted by atomic mass is 9.91. The lowest BCUT2D eigenvalue weighted by Gasteiger charge is -2.41. The summed E-state index contributed by atoms with van der Waals surface area (Å²) in [5, 5.41) is 3.57. The maximum Gasteiger partial charge on any atom is 0.300 e. The number of nitrogens with one attached hydrogen (secondary N) is 2. The molecular formula is C23H27N5O. The van der Waals surface area contributed by atoms with E-state index in [1.165, 1.54) is 11.1 Å². The highest BCUT2D eigenvalue weighted by Crippen LogP contribution is 2.42. The number of carbonyl (C=O) groups excluding carboxylic acids is 1. The molecule has 2 aromatic rings. The predicted molar refractivity (Wildman–Crippen MR) is 115 cm³/mol. The highest BCUT2D eigenvalue weighted by atomic mass is 16.2. The van der Waals surface area contributed by atoms with Crippen molar-refractivity contribution in [1.82, 2.24) is 20.2 Å². The van der Waals surface area contributed by atoms with Gasteiger partial charge in [-0.25, -0.2) is 0 Å². The Bertz CT molecular complexity index is 956. The number of likely N-dealkylation sites (N-methyl/N-ethyl adjacent to an activating group) is 1. The number of rotatable bonds is 5. The first kappa shape index (κ1) is 19.3. The minimum Gasteiger partial charge on any atom is -0.357 e. The zero-order chi connectivity index (χ0) is 20.4. The highest BCUT2D eigenvalue weighted by molar-refractivity contribution is 5.94. The Morgan fingerprint density at radius 3 is 3.03 bits per heavy atom. The molecule has 2 aromatic heterocycles. The topological polar surface area (TPSA) is 64.3 Å². The van der Waals surface area contributed by atoms with Gasteiger partial charge in [-0.2, -0.15) is 0 Å². The zero-order valence-electron chi connectivity index (χ0n) is 17.0. The first-order valence-corrected chi connectivity index (χ1v) is 10.2. The van der Waals surface area contributed by atoms with Gasteiger partial charge < -0.3 is 14.8 Å². The number of pyridine rings is 1. The molecule has 0 saturated heterocycles. The van der Waals surface area contributed by atoms with Crippen LogP contribution >= 0.6 is 0 Å². The fourth-order valence-corrected chi connectivity index (χ4v) is 4.30. The van der Waals surface area contributed by atoms with E-state index in [1.807, 2.05) is 18.2 Å². The Labute approximate surface area is 172 Å². The van der Waals surface area contributed by atoms with E-state index in [2.05, 4.69) is 52.2 Å². The molecule has 2 N–H and O–H groups in total. The molecule has 4 heterocycles. The minimum absolute atomic E-state index is 0.176. The third-order valence-corrected chi connectivity index (χ3v) is 5.73. The van der Waals surface area contributed by atoms with Crippen LogP contribution in [-0.4, -0.2) is 47.1 Å². The molecule has 29 heavy (non-hydrogen) atoms. The van der Waals surface area contributed by atoms with Gasteiger partial charge in [0.15, 0.2) is 0 Å². The average Bonchev–Trinajstić information content (AvgIpc) is 3.13. The van der Waals surface area contributed by atoms with Crippen LogP contribution in [0.25, 0.3) is 6.08 Å². The number of amides is 1. The van der Waals surface area contributed by atoms with Crippen LogP contribution in [-0.2, 0) is 11.2 Å². The number of H-pyrrole nitrogens is 1. The number of hydrogen-bond acceptors (Lipinski definition) is 4. The zero-order valence-corrected chi connectivity index (χ0v) is 17.0. The van der Waals surface area contributed by atoms with Crippen LogP contribution in [0.15, 0.2) is 30.5 Å². The first-order chi connectivity index (χ1) is 14.2. The quantitative estimate of drug-likeness (QED) is 0.610. The summed E-state index contributed by atoms with van der Waals surface area (Å²) in [5.41, 5.74) is 4.24. The van der Waals surface area contributed by atoms with E-state index in [9.17, 15) is 4.79 Å². The number of terminal acetylenes is 1. The fraction of sp³-hybridized carbons (Fsp3) is 0.391. The Morgan fingerprint density at radius 1 is 1.45 bits per heavy atom. The van der Waals surface area contributed by atoms with Gasteiger partial charge in [-0.3, -0.25) is 15.1 Å².